The van der Waals surface area contributed by atoms with Crippen LogP contribution in [-0.2, 0) is 0 Å². The summed E-state index contributed by atoms with van der Waals surface area (Å²) in [5.74, 6) is 0. The zero-order valence-corrected chi connectivity index (χ0v) is 44.6. The molecule has 8 heteroatoms. The molecule has 0 fully saturated rings. The average molecular weight is 1070 g/mol. The summed E-state index contributed by atoms with van der Waals surface area (Å²) in [5, 5.41) is 14.2. The normalized spacial score (nSPS) is 13.0. The molecule has 386 valence electrons. The molecule has 84 heavy (non-hydrogen) atoms. The van der Waals surface area contributed by atoms with Crippen LogP contribution in [0.25, 0.3) is 198 Å². The van der Waals surface area contributed by atoms with Crippen molar-refractivity contribution in [1.29, 1.82) is 0 Å². The van der Waals surface area contributed by atoms with Gasteiger partial charge in [0.2, 0.25) is 0 Å². The molecular weight excluding hydrogens is 1030 g/mol. The molecule has 0 aliphatic heterocycles. The van der Waals surface area contributed by atoms with Gasteiger partial charge >= 0.3 is 0 Å². The summed E-state index contributed by atoms with van der Waals surface area (Å²) in [6.45, 7) is 0. The molecule has 12 aromatic heterocycles. The van der Waals surface area contributed by atoms with Crippen LogP contribution in [0.1, 0.15) is 0 Å². The highest BCUT2D eigenvalue weighted by atomic mass is 16.3. The first-order valence-electron chi connectivity index (χ1n) is 28.8. The highest BCUT2D eigenvalue weighted by Crippen LogP contribution is 2.54. The van der Waals surface area contributed by atoms with Gasteiger partial charge in [0.15, 0.2) is 11.2 Å². The predicted molar refractivity (Wildman–Crippen MR) is 345 cm³/mol. The van der Waals surface area contributed by atoms with Crippen molar-refractivity contribution in [3.8, 4) is 45.0 Å². The lowest BCUT2D eigenvalue weighted by Crippen LogP contribution is -1.97. The van der Waals surface area contributed by atoms with Crippen molar-refractivity contribution >= 4 is 153 Å². The molecule has 0 saturated carbocycles. The molecular formula is C76H40N6O2. The Balaban J connectivity index is 0.815. The summed E-state index contributed by atoms with van der Waals surface area (Å²) in [7, 11) is 0. The average Bonchev–Trinajstić information content (AvgIpc) is 1.67. The first-order valence-corrected chi connectivity index (χ1v) is 28.8. The van der Waals surface area contributed by atoms with Crippen molar-refractivity contribution in [2.45, 2.75) is 0 Å². The molecule has 10 aromatic carbocycles. The predicted octanol–water partition coefficient (Wildman–Crippen LogP) is 20.1. The molecule has 0 bridgehead atoms. The van der Waals surface area contributed by atoms with E-state index in [4.69, 9.17) is 8.83 Å². The highest BCUT2D eigenvalue weighted by molar-refractivity contribution is 6.34. The van der Waals surface area contributed by atoms with E-state index >= 15 is 0 Å². The van der Waals surface area contributed by atoms with Crippen molar-refractivity contribution in [2.24, 2.45) is 0 Å². The largest absolute Gasteiger partial charge is 0.461 e. The van der Waals surface area contributed by atoms with E-state index in [1.54, 1.807) is 0 Å². The third-order valence-electron chi connectivity index (χ3n) is 19.2. The number of nitrogens with zero attached hydrogens (tertiary/aromatic N) is 6. The zero-order chi connectivity index (χ0) is 53.9. The second kappa shape index (κ2) is 14.5. The van der Waals surface area contributed by atoms with E-state index in [1.165, 1.54) is 110 Å². The smallest absolute Gasteiger partial charge is 0.160 e. The molecule has 0 aliphatic rings. The molecule has 22 aromatic rings. The van der Waals surface area contributed by atoms with Crippen LogP contribution in [0.2, 0.25) is 0 Å². The lowest BCUT2D eigenvalue weighted by atomic mass is 9.96. The summed E-state index contributed by atoms with van der Waals surface area (Å²) in [5.41, 5.74) is 27.6. The first kappa shape index (κ1) is 42.4. The Kier molecular flexibility index (Phi) is 7.33. The van der Waals surface area contributed by atoms with Crippen LogP contribution >= 0.6 is 0 Å². The van der Waals surface area contributed by atoms with Gasteiger partial charge < -0.3 is 35.6 Å². The Morgan fingerprint density at radius 3 is 1.26 bits per heavy atom. The maximum absolute atomic E-state index is 6.69. The van der Waals surface area contributed by atoms with Crippen LogP contribution in [0, 0.1) is 0 Å². The number of furan rings is 2. The van der Waals surface area contributed by atoms with E-state index in [9.17, 15) is 0 Å². The van der Waals surface area contributed by atoms with E-state index in [-0.39, 0.29) is 0 Å². The van der Waals surface area contributed by atoms with Crippen molar-refractivity contribution < 1.29 is 8.83 Å². The quantitative estimate of drug-likeness (QED) is 0.172. The van der Waals surface area contributed by atoms with Crippen LogP contribution in [0.3, 0.4) is 0 Å². The van der Waals surface area contributed by atoms with Crippen molar-refractivity contribution in [1.82, 2.24) is 26.7 Å². The minimum absolute atomic E-state index is 0.902. The summed E-state index contributed by atoms with van der Waals surface area (Å²) in [4.78, 5) is 0. The monoisotopic (exact) mass is 1070 g/mol. The first-order chi connectivity index (χ1) is 41.7. The highest BCUT2D eigenvalue weighted by Gasteiger charge is 2.33. The fraction of sp³-hybridized carbons (Fsp3) is 0. The summed E-state index contributed by atoms with van der Waals surface area (Å²) < 4.78 is 28.1. The van der Waals surface area contributed by atoms with Gasteiger partial charge in [-0.3, -0.25) is 0 Å². The SMILES string of the molecule is c1ccc(-c2c3c4ccccc4n4c5cc6c7c8c(c(-c9cccc(-c%10cccc%11c%10c%10coc%12c%13cc%14c(cc%13n%11c%10%12)c%10occ%11c%12ccccc%12n%14c%11%10)c9)n7-c7ccccc7)c7ccccc7n8c6cc5c(c34)n2-c2ccccc2)cc1. The fourth-order valence-electron chi connectivity index (χ4n) is 16.1. The molecule has 0 unspecified atom stereocenters. The second-order valence-corrected chi connectivity index (χ2v) is 23.2. The lowest BCUT2D eigenvalue weighted by molar-refractivity contribution is 0.622. The van der Waals surface area contributed by atoms with Crippen LogP contribution in [0.5, 0.6) is 0 Å². The standard InChI is InChI=1S/C76H40N6O2/c1-4-18-41(19-5-1)67-65-48-27-11-14-31-57(48)80-60-36-51-61(35-50(60)69(73(65)80)77(67)44-22-6-2-7-23-44)81-58-32-15-12-28-49(58)66-68(78(70(51)74(66)81)45-24-8-3-9-25-45)43-21-16-20-42(34-43)46-29-17-33-59-64(46)55-40-84-76-53-37-62-52(38-63(53)82(59)72(55)76)75-71-54(39-83-75)47-26-10-13-30-56(47)79(62)71/h1-40H. The number of para-hydroxylation sites is 5. The van der Waals surface area contributed by atoms with Crippen LogP contribution in [0.15, 0.2) is 252 Å². The van der Waals surface area contributed by atoms with Gasteiger partial charge in [0.05, 0.1) is 77.6 Å². The number of benzene rings is 10. The van der Waals surface area contributed by atoms with E-state index in [0.717, 1.165) is 88.4 Å². The summed E-state index contributed by atoms with van der Waals surface area (Å²) in [6, 6.07) is 85.2. The van der Waals surface area contributed by atoms with Gasteiger partial charge in [0, 0.05) is 76.0 Å². The van der Waals surface area contributed by atoms with Gasteiger partial charge in [-0.05, 0) is 101 Å². The maximum Gasteiger partial charge on any atom is 0.160 e. The minimum Gasteiger partial charge on any atom is -0.461 e. The molecule has 0 spiro atoms. The van der Waals surface area contributed by atoms with Crippen molar-refractivity contribution in [3.05, 3.63) is 243 Å². The van der Waals surface area contributed by atoms with Gasteiger partial charge in [-0.1, -0.05) is 152 Å². The Hall–Kier alpha value is -11.5. The second-order valence-electron chi connectivity index (χ2n) is 23.2. The molecule has 0 N–H and O–H groups in total. The molecule has 22 rings (SSSR count). The third kappa shape index (κ3) is 4.76. The Morgan fingerprint density at radius 1 is 0.238 bits per heavy atom. The van der Waals surface area contributed by atoms with Crippen molar-refractivity contribution in [3.63, 3.8) is 0 Å². The van der Waals surface area contributed by atoms with Crippen LogP contribution in [-0.4, -0.2) is 26.7 Å². The molecule has 0 radical (unpaired) electrons. The van der Waals surface area contributed by atoms with Crippen LogP contribution in [0.4, 0.5) is 0 Å². The van der Waals surface area contributed by atoms with Gasteiger partial charge in [0.25, 0.3) is 0 Å². The van der Waals surface area contributed by atoms with Gasteiger partial charge in [0.1, 0.15) is 23.6 Å². The van der Waals surface area contributed by atoms with E-state index in [2.05, 4.69) is 257 Å². The van der Waals surface area contributed by atoms with Gasteiger partial charge in [-0.2, -0.15) is 0 Å². The Bertz CT molecular complexity index is 6570. The summed E-state index contributed by atoms with van der Waals surface area (Å²) >= 11 is 0. The van der Waals surface area contributed by atoms with Gasteiger partial charge in [-0.15, -0.1) is 0 Å². The number of hydrogen-bond acceptors (Lipinski definition) is 2. The fourth-order valence-corrected chi connectivity index (χ4v) is 16.1. The number of hydrogen-bond donors (Lipinski definition) is 0. The molecule has 12 heterocycles. The number of aromatic nitrogens is 6. The van der Waals surface area contributed by atoms with E-state index in [0.29, 0.717) is 0 Å². The van der Waals surface area contributed by atoms with Gasteiger partial charge in [-0.25, -0.2) is 0 Å². The molecule has 0 saturated heterocycles. The Labute approximate surface area is 474 Å². The van der Waals surface area contributed by atoms with E-state index in [1.807, 2.05) is 12.5 Å². The Morgan fingerprint density at radius 2 is 0.655 bits per heavy atom. The number of fused-ring (bicyclic) bond motifs is 24. The third-order valence-corrected chi connectivity index (χ3v) is 19.2. The molecule has 0 amide bonds. The van der Waals surface area contributed by atoms with Crippen LogP contribution < -0.4 is 0 Å². The van der Waals surface area contributed by atoms with E-state index < -0.39 is 0 Å². The maximum atomic E-state index is 6.69. The summed E-state index contributed by atoms with van der Waals surface area (Å²) in [6.07, 6.45) is 3.90. The van der Waals surface area contributed by atoms with Crippen molar-refractivity contribution in [2.75, 3.05) is 0 Å². The molecule has 0 atom stereocenters. The molecule has 0 aliphatic carbocycles. The minimum atomic E-state index is 0.902. The lowest BCUT2D eigenvalue weighted by Gasteiger charge is -2.14. The molecule has 8 nitrogen and oxygen atoms in total. The topological polar surface area (TPSA) is 53.8 Å². The zero-order valence-electron chi connectivity index (χ0n) is 44.6. The number of rotatable bonds is 5.